The van der Waals surface area contributed by atoms with Crippen LogP contribution in [0.25, 0.3) is 0 Å². The Morgan fingerprint density at radius 1 is 1.19 bits per heavy atom. The van der Waals surface area contributed by atoms with Crippen LogP contribution in [0.15, 0.2) is 51.8 Å². The Bertz CT molecular complexity index is 806. The van der Waals surface area contributed by atoms with Gasteiger partial charge in [-0.1, -0.05) is 12.1 Å². The Morgan fingerprint density at radius 3 is 2.48 bits per heavy atom. The predicted octanol–water partition coefficient (Wildman–Crippen LogP) is 2.54. The number of primary sulfonamides is 1. The number of halogens is 1. The number of nitrogens with two attached hydrogens (primary N) is 1. The van der Waals surface area contributed by atoms with E-state index >= 15 is 0 Å². The summed E-state index contributed by atoms with van der Waals surface area (Å²) >= 11 is 3.14. The minimum Gasteiger partial charge on any atom is -0.478 e. The number of nitrogens with one attached hydrogen (secondary N) is 1. The monoisotopic (exact) mass is 370 g/mol. The van der Waals surface area contributed by atoms with Crippen LogP contribution in [0.4, 0.5) is 11.4 Å². The molecule has 0 bridgehead atoms. The van der Waals surface area contributed by atoms with E-state index in [2.05, 4.69) is 21.2 Å². The molecule has 4 N–H and O–H groups in total. The van der Waals surface area contributed by atoms with E-state index in [0.717, 1.165) is 0 Å². The minimum absolute atomic E-state index is 0.0630. The first-order chi connectivity index (χ1) is 9.79. The lowest BCUT2D eigenvalue weighted by Crippen LogP contribution is -2.14. The van der Waals surface area contributed by atoms with Crippen molar-refractivity contribution < 1.29 is 18.3 Å². The second-order valence-electron chi connectivity index (χ2n) is 4.17. The van der Waals surface area contributed by atoms with Crippen LogP contribution in [0.3, 0.4) is 0 Å². The van der Waals surface area contributed by atoms with Gasteiger partial charge in [0.05, 0.1) is 11.3 Å². The first kappa shape index (κ1) is 15.5. The van der Waals surface area contributed by atoms with E-state index in [0.29, 0.717) is 10.2 Å². The van der Waals surface area contributed by atoms with Crippen molar-refractivity contribution in [1.82, 2.24) is 0 Å². The van der Waals surface area contributed by atoms with Crippen LogP contribution in [0.2, 0.25) is 0 Å². The summed E-state index contributed by atoms with van der Waals surface area (Å²) in [5.41, 5.74) is 0.776. The van der Waals surface area contributed by atoms with Gasteiger partial charge >= 0.3 is 5.97 Å². The molecule has 0 fully saturated rings. The molecule has 0 spiro atoms. The zero-order valence-electron chi connectivity index (χ0n) is 10.6. The van der Waals surface area contributed by atoms with Gasteiger partial charge in [-0.05, 0) is 46.3 Å². The number of sulfonamides is 1. The Labute approximate surface area is 129 Å². The zero-order chi connectivity index (χ0) is 15.6. The standard InChI is InChI=1S/C13H11BrN2O4S/c14-10-6-5-8(7-9(10)13(17)18)16-11-3-1-2-4-12(11)21(15,19)20/h1-7,16H,(H,17,18)(H2,15,19,20). The lowest BCUT2D eigenvalue weighted by atomic mass is 10.2. The van der Waals surface area contributed by atoms with Gasteiger partial charge in [-0.2, -0.15) is 0 Å². The molecule has 0 aliphatic carbocycles. The fourth-order valence-corrected chi connectivity index (χ4v) is 2.85. The smallest absolute Gasteiger partial charge is 0.336 e. The fourth-order valence-electron chi connectivity index (χ4n) is 1.74. The molecule has 2 aromatic carbocycles. The minimum atomic E-state index is -3.88. The van der Waals surface area contributed by atoms with Gasteiger partial charge in [0, 0.05) is 10.2 Å². The average molecular weight is 371 g/mol. The highest BCUT2D eigenvalue weighted by Gasteiger charge is 2.14. The lowest BCUT2D eigenvalue weighted by molar-refractivity contribution is 0.0696. The molecule has 0 saturated heterocycles. The third-order valence-corrected chi connectivity index (χ3v) is 4.33. The maximum Gasteiger partial charge on any atom is 0.336 e. The first-order valence-electron chi connectivity index (χ1n) is 5.71. The molecule has 2 aromatic rings. The van der Waals surface area contributed by atoms with Crippen molar-refractivity contribution >= 4 is 43.3 Å². The van der Waals surface area contributed by atoms with Gasteiger partial charge in [-0.15, -0.1) is 0 Å². The van der Waals surface area contributed by atoms with Gasteiger partial charge in [0.2, 0.25) is 10.0 Å². The van der Waals surface area contributed by atoms with E-state index in [9.17, 15) is 13.2 Å². The number of aromatic carboxylic acids is 1. The summed E-state index contributed by atoms with van der Waals surface area (Å²) in [6, 6.07) is 10.7. The Kier molecular flexibility index (Phi) is 4.31. The Balaban J connectivity index is 2.45. The van der Waals surface area contributed by atoms with Crippen LogP contribution in [0, 0.1) is 0 Å². The number of carboxylic acids is 1. The molecule has 8 heteroatoms. The van der Waals surface area contributed by atoms with E-state index in [4.69, 9.17) is 10.2 Å². The number of anilines is 2. The molecule has 0 unspecified atom stereocenters. The second kappa shape index (κ2) is 5.84. The summed E-state index contributed by atoms with van der Waals surface area (Å²) in [6.45, 7) is 0. The van der Waals surface area contributed by atoms with Crippen molar-refractivity contribution in [2.75, 3.05) is 5.32 Å². The number of carboxylic acid groups (broad SMARTS) is 1. The van der Waals surface area contributed by atoms with Crippen LogP contribution in [0.5, 0.6) is 0 Å². The molecule has 0 heterocycles. The molecule has 0 aliphatic rings. The molecule has 0 aliphatic heterocycles. The van der Waals surface area contributed by atoms with Crippen LogP contribution in [-0.2, 0) is 10.0 Å². The van der Waals surface area contributed by atoms with Crippen molar-refractivity contribution in [1.29, 1.82) is 0 Å². The van der Waals surface area contributed by atoms with Crippen molar-refractivity contribution in [2.45, 2.75) is 4.90 Å². The number of hydrogen-bond donors (Lipinski definition) is 3. The summed E-state index contributed by atoms with van der Waals surface area (Å²) in [7, 11) is -3.88. The quantitative estimate of drug-likeness (QED) is 0.765. The number of hydrogen-bond acceptors (Lipinski definition) is 4. The third kappa shape index (κ3) is 3.60. The summed E-state index contributed by atoms with van der Waals surface area (Å²) in [4.78, 5) is 11.0. The van der Waals surface area contributed by atoms with Crippen molar-refractivity contribution in [3.63, 3.8) is 0 Å². The van der Waals surface area contributed by atoms with Crippen LogP contribution in [-0.4, -0.2) is 19.5 Å². The molecule has 6 nitrogen and oxygen atoms in total. The molecule has 0 radical (unpaired) electrons. The number of para-hydroxylation sites is 1. The first-order valence-corrected chi connectivity index (χ1v) is 8.04. The van der Waals surface area contributed by atoms with E-state index in [1.54, 1.807) is 30.3 Å². The van der Waals surface area contributed by atoms with Crippen LogP contribution in [0.1, 0.15) is 10.4 Å². The van der Waals surface area contributed by atoms with Crippen LogP contribution < -0.4 is 10.5 Å². The second-order valence-corrected chi connectivity index (χ2v) is 6.55. The lowest BCUT2D eigenvalue weighted by Gasteiger charge is -2.11. The van der Waals surface area contributed by atoms with Gasteiger partial charge in [0.1, 0.15) is 4.90 Å². The van der Waals surface area contributed by atoms with E-state index < -0.39 is 16.0 Å². The molecule has 0 amide bonds. The number of benzene rings is 2. The van der Waals surface area contributed by atoms with Gasteiger partial charge < -0.3 is 10.4 Å². The highest BCUT2D eigenvalue weighted by Crippen LogP contribution is 2.27. The molecular weight excluding hydrogens is 360 g/mol. The van der Waals surface area contributed by atoms with Gasteiger partial charge in [0.25, 0.3) is 0 Å². The largest absolute Gasteiger partial charge is 0.478 e. The van der Waals surface area contributed by atoms with E-state index in [-0.39, 0.29) is 16.1 Å². The molecule has 0 atom stereocenters. The maximum absolute atomic E-state index is 11.5. The van der Waals surface area contributed by atoms with Crippen molar-refractivity contribution in [2.24, 2.45) is 5.14 Å². The summed E-state index contributed by atoms with van der Waals surface area (Å²) in [5.74, 6) is -1.09. The normalized spacial score (nSPS) is 11.1. The molecule has 110 valence electrons. The molecule has 0 saturated carbocycles. The van der Waals surface area contributed by atoms with E-state index in [1.165, 1.54) is 12.1 Å². The maximum atomic E-state index is 11.5. The molecule has 0 aromatic heterocycles. The molecule has 2 rings (SSSR count). The van der Waals surface area contributed by atoms with E-state index in [1.807, 2.05) is 0 Å². The molecule has 21 heavy (non-hydrogen) atoms. The summed E-state index contributed by atoms with van der Waals surface area (Å²) in [5, 5.41) is 17.1. The summed E-state index contributed by atoms with van der Waals surface area (Å²) in [6.07, 6.45) is 0. The Hall–Kier alpha value is -1.90. The van der Waals surface area contributed by atoms with Crippen molar-refractivity contribution in [3.05, 3.63) is 52.5 Å². The number of carbonyl (C=O) groups is 1. The van der Waals surface area contributed by atoms with Crippen LogP contribution >= 0.6 is 15.9 Å². The Morgan fingerprint density at radius 2 is 1.86 bits per heavy atom. The SMILES string of the molecule is NS(=O)(=O)c1ccccc1Nc1ccc(Br)c(C(=O)O)c1. The third-order valence-electron chi connectivity index (χ3n) is 2.67. The number of rotatable bonds is 4. The zero-order valence-corrected chi connectivity index (χ0v) is 13.0. The highest BCUT2D eigenvalue weighted by atomic mass is 79.9. The average Bonchev–Trinajstić information content (AvgIpc) is 2.40. The van der Waals surface area contributed by atoms with Gasteiger partial charge in [-0.25, -0.2) is 18.4 Å². The van der Waals surface area contributed by atoms with Crippen molar-refractivity contribution in [3.8, 4) is 0 Å². The summed E-state index contributed by atoms with van der Waals surface area (Å²) < 4.78 is 23.4. The predicted molar refractivity (Wildman–Crippen MR) is 82.2 cm³/mol. The topological polar surface area (TPSA) is 109 Å². The highest BCUT2D eigenvalue weighted by molar-refractivity contribution is 9.10. The van der Waals surface area contributed by atoms with Gasteiger partial charge in [-0.3, -0.25) is 0 Å². The molecular formula is C13H11BrN2O4S. The van der Waals surface area contributed by atoms with Gasteiger partial charge in [0.15, 0.2) is 0 Å². The fraction of sp³-hybridized carbons (Fsp3) is 0.